The molecule has 3 atom stereocenters. The number of guanidine groups is 1. The molecule has 41 heavy (non-hydrogen) atoms. The summed E-state index contributed by atoms with van der Waals surface area (Å²) in [4.78, 5) is 27.6. The van der Waals surface area contributed by atoms with E-state index < -0.39 is 0 Å². The van der Waals surface area contributed by atoms with Crippen LogP contribution in [0.25, 0.3) is 11.3 Å². The third-order valence-electron chi connectivity index (χ3n) is 8.96. The van der Waals surface area contributed by atoms with Gasteiger partial charge in [-0.05, 0) is 89.4 Å². The minimum absolute atomic E-state index is 0.158. The van der Waals surface area contributed by atoms with E-state index in [2.05, 4.69) is 57.8 Å². The molecule has 10 nitrogen and oxygen atoms in total. The normalized spacial score (nSPS) is 25.1. The SMILES string of the molecule is Cc1cc2cc(n1)-c1cnn(C)c1OCCC(C1CC1)N1/C(=N/C2=O)Nc2cc(N[C@@H]3CCC(N(C)C)C3)ccc21. The molecule has 4 heterocycles. The molecule has 0 radical (unpaired) electrons. The Hall–Kier alpha value is -3.92. The number of carbonyl (C=O) groups is 1. The van der Waals surface area contributed by atoms with Gasteiger partial charge in [0.15, 0.2) is 0 Å². The van der Waals surface area contributed by atoms with Crippen molar-refractivity contribution in [3.8, 4) is 17.1 Å². The zero-order valence-corrected chi connectivity index (χ0v) is 24.2. The number of pyridine rings is 1. The highest BCUT2D eigenvalue weighted by Crippen LogP contribution is 2.44. The van der Waals surface area contributed by atoms with Crippen molar-refractivity contribution in [2.45, 2.75) is 63.6 Å². The first-order chi connectivity index (χ1) is 19.8. The van der Waals surface area contributed by atoms with E-state index in [-0.39, 0.29) is 11.9 Å². The number of hydrogen-bond donors (Lipinski definition) is 2. The number of amides is 1. The van der Waals surface area contributed by atoms with Crippen LogP contribution in [-0.2, 0) is 7.05 Å². The van der Waals surface area contributed by atoms with Gasteiger partial charge in [-0.3, -0.25) is 9.78 Å². The summed E-state index contributed by atoms with van der Waals surface area (Å²) in [5.74, 6) is 1.47. The van der Waals surface area contributed by atoms with Crippen LogP contribution in [-0.4, -0.2) is 70.4 Å². The molecule has 214 valence electrons. The number of nitrogens with one attached hydrogen (secondary N) is 2. The minimum Gasteiger partial charge on any atom is -0.477 e. The van der Waals surface area contributed by atoms with E-state index in [4.69, 9.17) is 14.7 Å². The molecule has 3 aromatic rings. The van der Waals surface area contributed by atoms with Gasteiger partial charge in [-0.2, -0.15) is 10.1 Å². The van der Waals surface area contributed by atoms with E-state index in [0.29, 0.717) is 47.7 Å². The van der Waals surface area contributed by atoms with Gasteiger partial charge in [-0.25, -0.2) is 4.68 Å². The summed E-state index contributed by atoms with van der Waals surface area (Å²) in [6.45, 7) is 2.41. The molecule has 2 aromatic heterocycles. The summed E-state index contributed by atoms with van der Waals surface area (Å²) >= 11 is 0. The monoisotopic (exact) mass is 554 g/mol. The van der Waals surface area contributed by atoms with E-state index in [1.165, 1.54) is 6.42 Å². The van der Waals surface area contributed by atoms with Crippen LogP contribution in [0.2, 0.25) is 0 Å². The molecule has 4 aliphatic rings. The third kappa shape index (κ3) is 4.94. The number of benzene rings is 1. The quantitative estimate of drug-likeness (QED) is 0.480. The van der Waals surface area contributed by atoms with E-state index in [9.17, 15) is 4.79 Å². The molecule has 2 saturated carbocycles. The second-order valence-corrected chi connectivity index (χ2v) is 12.2. The number of aryl methyl sites for hydroxylation is 2. The van der Waals surface area contributed by atoms with Crippen LogP contribution < -0.4 is 20.3 Å². The molecule has 7 rings (SSSR count). The first-order valence-corrected chi connectivity index (χ1v) is 14.7. The lowest BCUT2D eigenvalue weighted by Gasteiger charge is -2.30. The second-order valence-electron chi connectivity index (χ2n) is 12.2. The lowest BCUT2D eigenvalue weighted by Crippen LogP contribution is -2.42. The van der Waals surface area contributed by atoms with Gasteiger partial charge in [0, 0.05) is 48.5 Å². The predicted molar refractivity (Wildman–Crippen MR) is 161 cm³/mol. The van der Waals surface area contributed by atoms with Crippen molar-refractivity contribution in [2.75, 3.05) is 36.2 Å². The second kappa shape index (κ2) is 10.2. The van der Waals surface area contributed by atoms with Gasteiger partial charge in [0.1, 0.15) is 0 Å². The number of hydrogen-bond acceptors (Lipinski definition) is 8. The van der Waals surface area contributed by atoms with Crippen molar-refractivity contribution in [3.63, 3.8) is 0 Å². The number of ether oxygens (including phenoxy) is 1. The highest BCUT2D eigenvalue weighted by molar-refractivity contribution is 6.19. The van der Waals surface area contributed by atoms with Crippen LogP contribution in [0.15, 0.2) is 41.5 Å². The molecule has 1 aromatic carbocycles. The van der Waals surface area contributed by atoms with E-state index in [1.807, 2.05) is 14.0 Å². The first kappa shape index (κ1) is 26.0. The third-order valence-corrected chi connectivity index (χ3v) is 8.96. The van der Waals surface area contributed by atoms with Crippen molar-refractivity contribution < 1.29 is 9.53 Å². The van der Waals surface area contributed by atoms with Crippen molar-refractivity contribution in [2.24, 2.45) is 18.0 Å². The molecule has 2 aliphatic heterocycles. The summed E-state index contributed by atoms with van der Waals surface area (Å²) < 4.78 is 8.11. The Morgan fingerprint density at radius 1 is 1.10 bits per heavy atom. The van der Waals surface area contributed by atoms with Gasteiger partial charge in [-0.15, -0.1) is 0 Å². The van der Waals surface area contributed by atoms with Crippen LogP contribution in [0, 0.1) is 12.8 Å². The van der Waals surface area contributed by atoms with Crippen molar-refractivity contribution in [1.29, 1.82) is 0 Å². The van der Waals surface area contributed by atoms with Gasteiger partial charge in [0.05, 0.1) is 35.4 Å². The summed E-state index contributed by atoms with van der Waals surface area (Å²) in [6.07, 6.45) is 8.38. The molecule has 2 aliphatic carbocycles. The largest absolute Gasteiger partial charge is 0.477 e. The number of anilines is 3. The van der Waals surface area contributed by atoms with Gasteiger partial charge in [0.25, 0.3) is 5.91 Å². The van der Waals surface area contributed by atoms with Crippen LogP contribution >= 0.6 is 0 Å². The highest BCUT2D eigenvalue weighted by atomic mass is 16.5. The van der Waals surface area contributed by atoms with Crippen LogP contribution in [0.5, 0.6) is 5.88 Å². The van der Waals surface area contributed by atoms with Crippen molar-refractivity contribution in [1.82, 2.24) is 19.7 Å². The standard InChI is InChI=1S/C31H38N8O2/c1-18-13-20-14-25(33-18)24-17-32-38(4)30(24)41-12-11-27(19-5-6-19)39-28-10-8-22(16-26(28)35-31(39)36-29(20)40)34-21-7-9-23(15-21)37(2)3/h8,10,13-14,16-17,19,21,23,27,34H,5-7,9,11-12,15H2,1-4H3,(H,35,36,40)/t21-,23?,27?/m1/s1. The van der Waals surface area contributed by atoms with Crippen LogP contribution in [0.3, 0.4) is 0 Å². The molecule has 10 heteroatoms. The zero-order valence-electron chi connectivity index (χ0n) is 24.2. The summed E-state index contributed by atoms with van der Waals surface area (Å²) in [6, 6.07) is 11.3. The Morgan fingerprint density at radius 2 is 1.95 bits per heavy atom. The smallest absolute Gasteiger partial charge is 0.280 e. The summed E-state index contributed by atoms with van der Waals surface area (Å²) in [5, 5.41) is 11.7. The Labute approximate surface area is 240 Å². The minimum atomic E-state index is -0.295. The number of aliphatic imine (C=N–C) groups is 1. The zero-order chi connectivity index (χ0) is 28.2. The van der Waals surface area contributed by atoms with Crippen molar-refractivity contribution >= 4 is 28.9 Å². The lowest BCUT2D eigenvalue weighted by atomic mass is 10.1. The molecule has 0 spiro atoms. The molecule has 0 saturated heterocycles. The maximum atomic E-state index is 13.7. The molecular weight excluding hydrogens is 516 g/mol. The van der Waals surface area contributed by atoms with Crippen molar-refractivity contribution in [3.05, 3.63) is 47.8 Å². The highest BCUT2D eigenvalue weighted by Gasteiger charge is 2.41. The molecule has 2 N–H and O–H groups in total. The molecule has 2 unspecified atom stereocenters. The van der Waals surface area contributed by atoms with E-state index in [1.54, 1.807) is 23.0 Å². The number of aromatic nitrogens is 3. The molecule has 2 bridgehead atoms. The van der Waals surface area contributed by atoms with Gasteiger partial charge < -0.3 is 25.2 Å². The Kier molecular flexibility index (Phi) is 6.45. The number of fused-ring (bicyclic) bond motifs is 7. The van der Waals surface area contributed by atoms with E-state index >= 15 is 0 Å². The van der Waals surface area contributed by atoms with Gasteiger partial charge >= 0.3 is 0 Å². The molecular formula is C31H38N8O2. The predicted octanol–water partition coefficient (Wildman–Crippen LogP) is 4.67. The average Bonchev–Trinajstić information content (AvgIpc) is 3.40. The fraction of sp³-hybridized carbons (Fsp3) is 0.484. The van der Waals surface area contributed by atoms with Gasteiger partial charge in [-0.1, -0.05) is 0 Å². The Bertz CT molecular complexity index is 1520. The van der Waals surface area contributed by atoms with Crippen LogP contribution in [0.1, 0.15) is 54.6 Å². The first-order valence-electron chi connectivity index (χ1n) is 14.7. The summed E-state index contributed by atoms with van der Waals surface area (Å²) in [5.41, 5.74) is 5.80. The Balaban J connectivity index is 1.25. The van der Waals surface area contributed by atoms with Gasteiger partial charge in [0.2, 0.25) is 11.8 Å². The number of carbonyl (C=O) groups excluding carboxylic acids is 1. The lowest BCUT2D eigenvalue weighted by molar-refractivity contribution is 0.100. The van der Waals surface area contributed by atoms with Crippen LogP contribution in [0.4, 0.5) is 17.1 Å². The topological polar surface area (TPSA) is 99.9 Å². The molecule has 1 amide bonds. The number of rotatable bonds is 4. The fourth-order valence-corrected chi connectivity index (χ4v) is 6.64. The fourth-order valence-electron chi connectivity index (χ4n) is 6.64. The number of nitrogens with zero attached hydrogens (tertiary/aromatic N) is 6. The molecule has 2 fully saturated rings. The maximum Gasteiger partial charge on any atom is 0.280 e. The average molecular weight is 555 g/mol. The Morgan fingerprint density at radius 3 is 2.73 bits per heavy atom. The summed E-state index contributed by atoms with van der Waals surface area (Å²) in [7, 11) is 6.20. The maximum absolute atomic E-state index is 13.7. The van der Waals surface area contributed by atoms with E-state index in [0.717, 1.165) is 60.4 Å².